The normalized spacial score (nSPS) is 21.7. The van der Waals surface area contributed by atoms with Gasteiger partial charge in [0.1, 0.15) is 0 Å². The molecule has 0 amide bonds. The molecule has 1 aromatic rings. The van der Waals surface area contributed by atoms with Crippen LogP contribution in [0.1, 0.15) is 23.1 Å². The number of rotatable bonds is 4. The molecular formula is C15H23NS. The van der Waals surface area contributed by atoms with Gasteiger partial charge in [-0.2, -0.15) is 11.8 Å². The summed E-state index contributed by atoms with van der Waals surface area (Å²) in [6, 6.07) is 7.27. The number of benzene rings is 1. The molecule has 1 aliphatic heterocycles. The van der Waals surface area contributed by atoms with E-state index in [0.29, 0.717) is 6.04 Å². The second-order valence-corrected chi connectivity index (χ2v) is 6.24. The molecule has 2 atom stereocenters. The molecule has 2 unspecified atom stereocenters. The summed E-state index contributed by atoms with van der Waals surface area (Å²) in [6.45, 7) is 4.47. The van der Waals surface area contributed by atoms with Gasteiger partial charge in [0, 0.05) is 6.04 Å². The Morgan fingerprint density at radius 2 is 2.06 bits per heavy atom. The lowest BCUT2D eigenvalue weighted by molar-refractivity contribution is 0.403. The largest absolute Gasteiger partial charge is 0.316 e. The average molecular weight is 249 g/mol. The Kier molecular flexibility index (Phi) is 4.52. The van der Waals surface area contributed by atoms with Gasteiger partial charge in [0.15, 0.2) is 0 Å². The van der Waals surface area contributed by atoms with Crippen LogP contribution >= 0.6 is 11.8 Å². The fourth-order valence-electron chi connectivity index (χ4n) is 2.77. The molecule has 0 spiro atoms. The summed E-state index contributed by atoms with van der Waals surface area (Å²) in [4.78, 5) is 0. The summed E-state index contributed by atoms with van der Waals surface area (Å²) in [6.07, 6.45) is 2.56. The van der Waals surface area contributed by atoms with Crippen LogP contribution < -0.4 is 5.32 Å². The minimum atomic E-state index is 0.643. The Labute approximate surface area is 109 Å². The number of hydrogen-bond acceptors (Lipinski definition) is 2. The Hall–Kier alpha value is -0.470. The molecule has 0 bridgehead atoms. The second-order valence-electron chi connectivity index (χ2n) is 5.09. The molecule has 0 aliphatic carbocycles. The van der Waals surface area contributed by atoms with Gasteiger partial charge in [-0.15, -0.1) is 0 Å². The minimum Gasteiger partial charge on any atom is -0.316 e. The molecule has 94 valence electrons. The third-order valence-corrected chi connectivity index (χ3v) is 5.16. The van der Waals surface area contributed by atoms with Crippen molar-refractivity contribution in [2.45, 2.75) is 32.7 Å². The monoisotopic (exact) mass is 249 g/mol. The quantitative estimate of drug-likeness (QED) is 0.879. The average Bonchev–Trinajstić information content (AvgIpc) is 2.82. The van der Waals surface area contributed by atoms with E-state index >= 15 is 0 Å². The molecule has 2 rings (SSSR count). The van der Waals surface area contributed by atoms with Gasteiger partial charge in [-0.05, 0) is 67.9 Å². The molecule has 1 saturated heterocycles. The van der Waals surface area contributed by atoms with Gasteiger partial charge >= 0.3 is 0 Å². The molecule has 1 heterocycles. The second kappa shape index (κ2) is 5.92. The third-order valence-electron chi connectivity index (χ3n) is 3.97. The molecule has 0 radical (unpaired) electrons. The molecule has 1 nitrogen and oxygen atoms in total. The van der Waals surface area contributed by atoms with Crippen LogP contribution in [0.5, 0.6) is 0 Å². The van der Waals surface area contributed by atoms with Gasteiger partial charge in [0.25, 0.3) is 0 Å². The Bertz CT molecular complexity index is 349. The Balaban J connectivity index is 2.12. The van der Waals surface area contributed by atoms with Crippen molar-refractivity contribution in [3.63, 3.8) is 0 Å². The van der Waals surface area contributed by atoms with Crippen molar-refractivity contribution in [3.05, 3.63) is 34.9 Å². The van der Waals surface area contributed by atoms with Crippen LogP contribution in [0, 0.1) is 19.8 Å². The lowest BCUT2D eigenvalue weighted by atomic mass is 9.89. The lowest BCUT2D eigenvalue weighted by Crippen LogP contribution is -2.36. The molecule has 1 N–H and O–H groups in total. The number of nitrogens with one attached hydrogen (secondary N) is 1. The number of thioether (sulfide) groups is 1. The van der Waals surface area contributed by atoms with Crippen LogP contribution in [0.25, 0.3) is 0 Å². The summed E-state index contributed by atoms with van der Waals surface area (Å²) in [5.41, 5.74) is 4.43. The van der Waals surface area contributed by atoms with Crippen LogP contribution in [0.2, 0.25) is 0 Å². The van der Waals surface area contributed by atoms with Crippen molar-refractivity contribution < 1.29 is 0 Å². The van der Waals surface area contributed by atoms with Gasteiger partial charge < -0.3 is 5.32 Å². The van der Waals surface area contributed by atoms with E-state index in [4.69, 9.17) is 0 Å². The Morgan fingerprint density at radius 3 is 2.59 bits per heavy atom. The zero-order chi connectivity index (χ0) is 12.3. The summed E-state index contributed by atoms with van der Waals surface area (Å²) in [5.74, 6) is 3.52. The van der Waals surface area contributed by atoms with Gasteiger partial charge in [-0.25, -0.2) is 0 Å². The fraction of sp³-hybridized carbons (Fsp3) is 0.600. The lowest BCUT2D eigenvalue weighted by Gasteiger charge is -2.24. The Morgan fingerprint density at radius 1 is 1.35 bits per heavy atom. The first-order chi connectivity index (χ1) is 8.22. The predicted molar refractivity (Wildman–Crippen MR) is 77.9 cm³/mol. The molecule has 2 heteroatoms. The highest BCUT2D eigenvalue weighted by Gasteiger charge is 2.25. The maximum absolute atomic E-state index is 3.53. The predicted octanol–water partition coefficient (Wildman–Crippen LogP) is 3.19. The van der Waals surface area contributed by atoms with Crippen molar-refractivity contribution in [3.8, 4) is 0 Å². The number of hydrogen-bond donors (Lipinski definition) is 1. The minimum absolute atomic E-state index is 0.643. The highest BCUT2D eigenvalue weighted by molar-refractivity contribution is 7.99. The zero-order valence-corrected chi connectivity index (χ0v) is 11.9. The number of aryl methyl sites for hydroxylation is 2. The van der Waals surface area contributed by atoms with Crippen molar-refractivity contribution in [2.75, 3.05) is 18.6 Å². The summed E-state index contributed by atoms with van der Waals surface area (Å²) in [5, 5.41) is 3.53. The van der Waals surface area contributed by atoms with Crippen LogP contribution in [0.4, 0.5) is 0 Å². The molecular weight excluding hydrogens is 226 g/mol. The van der Waals surface area contributed by atoms with Crippen LogP contribution in [0.15, 0.2) is 18.2 Å². The van der Waals surface area contributed by atoms with E-state index in [0.717, 1.165) is 5.92 Å². The van der Waals surface area contributed by atoms with E-state index in [1.807, 2.05) is 0 Å². The summed E-state index contributed by atoms with van der Waals surface area (Å²) >= 11 is 2.10. The van der Waals surface area contributed by atoms with Gasteiger partial charge in [0.05, 0.1) is 0 Å². The van der Waals surface area contributed by atoms with Crippen molar-refractivity contribution in [1.29, 1.82) is 0 Å². The first-order valence-corrected chi connectivity index (χ1v) is 7.68. The van der Waals surface area contributed by atoms with E-state index in [2.05, 4.69) is 56.2 Å². The van der Waals surface area contributed by atoms with E-state index < -0.39 is 0 Å². The first kappa shape index (κ1) is 13.0. The maximum Gasteiger partial charge on any atom is 0.0141 e. The van der Waals surface area contributed by atoms with Gasteiger partial charge in [0.2, 0.25) is 0 Å². The van der Waals surface area contributed by atoms with Crippen LogP contribution in [-0.2, 0) is 6.42 Å². The molecule has 1 aromatic carbocycles. The molecule has 0 saturated carbocycles. The smallest absolute Gasteiger partial charge is 0.0141 e. The van der Waals surface area contributed by atoms with Crippen LogP contribution in [-0.4, -0.2) is 24.6 Å². The standard InChI is InChI=1S/C15H23NS/c1-11-5-4-6-12(2)14(11)9-15(16-3)13-7-8-17-10-13/h4-6,13,15-16H,7-10H2,1-3H3. The summed E-state index contributed by atoms with van der Waals surface area (Å²) in [7, 11) is 2.11. The van der Waals surface area contributed by atoms with Crippen molar-refractivity contribution in [1.82, 2.24) is 5.32 Å². The van der Waals surface area contributed by atoms with E-state index in [-0.39, 0.29) is 0 Å². The topological polar surface area (TPSA) is 12.0 Å². The number of likely N-dealkylation sites (N-methyl/N-ethyl adjacent to an activating group) is 1. The van der Waals surface area contributed by atoms with E-state index in [1.165, 1.54) is 35.5 Å². The first-order valence-electron chi connectivity index (χ1n) is 6.52. The summed E-state index contributed by atoms with van der Waals surface area (Å²) < 4.78 is 0. The maximum atomic E-state index is 3.53. The SMILES string of the molecule is CNC(Cc1c(C)cccc1C)C1CCSC1. The van der Waals surface area contributed by atoms with Crippen LogP contribution in [0.3, 0.4) is 0 Å². The van der Waals surface area contributed by atoms with E-state index in [1.54, 1.807) is 5.56 Å². The van der Waals surface area contributed by atoms with E-state index in [9.17, 15) is 0 Å². The van der Waals surface area contributed by atoms with Crippen molar-refractivity contribution >= 4 is 11.8 Å². The molecule has 17 heavy (non-hydrogen) atoms. The zero-order valence-electron chi connectivity index (χ0n) is 11.1. The van der Waals surface area contributed by atoms with Gasteiger partial charge in [-0.1, -0.05) is 18.2 Å². The molecule has 0 aromatic heterocycles. The van der Waals surface area contributed by atoms with Gasteiger partial charge in [-0.3, -0.25) is 0 Å². The third kappa shape index (κ3) is 3.05. The highest BCUT2D eigenvalue weighted by atomic mass is 32.2. The molecule has 1 fully saturated rings. The molecule has 1 aliphatic rings. The fourth-order valence-corrected chi connectivity index (χ4v) is 4.10. The van der Waals surface area contributed by atoms with Crippen molar-refractivity contribution in [2.24, 2.45) is 5.92 Å². The highest BCUT2D eigenvalue weighted by Crippen LogP contribution is 2.28.